The van der Waals surface area contributed by atoms with Crippen LogP contribution in [0.5, 0.6) is 0 Å². The highest BCUT2D eigenvalue weighted by Crippen LogP contribution is 2.35. The first-order valence-corrected chi connectivity index (χ1v) is 8.35. The van der Waals surface area contributed by atoms with E-state index in [2.05, 4.69) is 10.1 Å². The molecule has 24 heavy (non-hydrogen) atoms. The van der Waals surface area contributed by atoms with Crippen LogP contribution in [0.15, 0.2) is 27.6 Å². The van der Waals surface area contributed by atoms with E-state index in [0.29, 0.717) is 18.9 Å². The van der Waals surface area contributed by atoms with Gasteiger partial charge in [0.2, 0.25) is 15.9 Å². The number of amides is 1. The Balaban J connectivity index is 1.96. The normalized spacial score (nSPS) is 18.8. The van der Waals surface area contributed by atoms with Crippen molar-refractivity contribution in [3.8, 4) is 0 Å². The zero-order chi connectivity index (χ0) is 17.5. The number of hydrogen-bond acceptors (Lipinski definition) is 6. The largest absolute Gasteiger partial charge is 0.363 e. The van der Waals surface area contributed by atoms with Gasteiger partial charge in [-0.15, -0.1) is 0 Å². The summed E-state index contributed by atoms with van der Waals surface area (Å²) < 4.78 is 57.7. The van der Waals surface area contributed by atoms with Crippen molar-refractivity contribution in [1.29, 1.82) is 0 Å². The monoisotopic (exact) mass is 358 g/mol. The summed E-state index contributed by atoms with van der Waals surface area (Å²) in [6.07, 6.45) is 0.880. The third kappa shape index (κ3) is 2.76. The summed E-state index contributed by atoms with van der Waals surface area (Å²) in [7, 11) is -4.10. The first-order valence-electron chi connectivity index (χ1n) is 6.91. The predicted molar refractivity (Wildman–Crippen MR) is 75.0 cm³/mol. The average Bonchev–Trinajstić information content (AvgIpc) is 3.17. The minimum absolute atomic E-state index is 0.0764. The lowest BCUT2D eigenvalue weighted by molar-refractivity contribution is 0.0987. The molecular formula is C13H12F2N4O4S. The number of rotatable bonds is 4. The summed E-state index contributed by atoms with van der Waals surface area (Å²) in [6, 6.07) is 1.53. The van der Waals surface area contributed by atoms with Crippen LogP contribution in [0.1, 0.15) is 35.4 Å². The predicted octanol–water partition coefficient (Wildman–Crippen LogP) is 0.972. The molecule has 0 radical (unpaired) electrons. The highest BCUT2D eigenvalue weighted by Gasteiger charge is 2.39. The van der Waals surface area contributed by atoms with Gasteiger partial charge in [-0.3, -0.25) is 4.79 Å². The molecule has 3 rings (SSSR count). The van der Waals surface area contributed by atoms with Crippen LogP contribution in [0.2, 0.25) is 0 Å². The van der Waals surface area contributed by atoms with Crippen LogP contribution < -0.4 is 5.73 Å². The second-order valence-corrected chi connectivity index (χ2v) is 7.06. The Labute approximate surface area is 135 Å². The van der Waals surface area contributed by atoms with E-state index in [1.165, 1.54) is 0 Å². The van der Waals surface area contributed by atoms with E-state index >= 15 is 0 Å². The van der Waals surface area contributed by atoms with Gasteiger partial charge in [-0.25, -0.2) is 17.2 Å². The maximum absolute atomic E-state index is 13.4. The number of carbonyl (C=O) groups excluding carboxylic acids is 1. The summed E-state index contributed by atoms with van der Waals surface area (Å²) in [5, 5.41) is 3.38. The molecule has 0 spiro atoms. The molecule has 1 amide bonds. The highest BCUT2D eigenvalue weighted by molar-refractivity contribution is 7.89. The zero-order valence-corrected chi connectivity index (χ0v) is 13.0. The van der Waals surface area contributed by atoms with Crippen LogP contribution in [0.4, 0.5) is 8.78 Å². The smallest absolute Gasteiger partial charge is 0.290 e. The molecule has 1 aromatic heterocycles. The van der Waals surface area contributed by atoms with Crippen LogP contribution in [0.3, 0.4) is 0 Å². The van der Waals surface area contributed by atoms with Gasteiger partial charge < -0.3 is 10.3 Å². The molecule has 1 saturated heterocycles. The molecule has 1 aliphatic heterocycles. The van der Waals surface area contributed by atoms with Crippen molar-refractivity contribution >= 4 is 15.9 Å². The second kappa shape index (κ2) is 5.91. The van der Waals surface area contributed by atoms with E-state index in [0.717, 1.165) is 16.4 Å². The summed E-state index contributed by atoms with van der Waals surface area (Å²) in [6.45, 7) is 0.139. The number of aromatic nitrogens is 2. The molecule has 0 saturated carbocycles. The van der Waals surface area contributed by atoms with Crippen molar-refractivity contribution in [3.05, 3.63) is 41.5 Å². The van der Waals surface area contributed by atoms with E-state index in [9.17, 15) is 22.0 Å². The molecular weight excluding hydrogens is 346 g/mol. The Morgan fingerprint density at radius 2 is 2.08 bits per heavy atom. The van der Waals surface area contributed by atoms with Crippen molar-refractivity contribution < 1.29 is 26.5 Å². The molecule has 11 heteroatoms. The van der Waals surface area contributed by atoms with Crippen molar-refractivity contribution in [2.75, 3.05) is 6.54 Å². The Bertz CT molecular complexity index is 899. The summed E-state index contributed by atoms with van der Waals surface area (Å²) in [5.74, 6) is -3.75. The van der Waals surface area contributed by atoms with Crippen molar-refractivity contribution in [2.45, 2.75) is 23.8 Å². The van der Waals surface area contributed by atoms with Crippen LogP contribution in [0, 0.1) is 11.6 Å². The summed E-state index contributed by atoms with van der Waals surface area (Å²) in [4.78, 5) is 14.4. The van der Waals surface area contributed by atoms with Crippen LogP contribution >= 0.6 is 0 Å². The number of nitrogens with zero attached hydrogens (tertiary/aromatic N) is 3. The maximum atomic E-state index is 13.4. The lowest BCUT2D eigenvalue weighted by Crippen LogP contribution is -2.31. The highest BCUT2D eigenvalue weighted by atomic mass is 32.2. The summed E-state index contributed by atoms with van der Waals surface area (Å²) in [5.41, 5.74) is 5.04. The van der Waals surface area contributed by atoms with Crippen LogP contribution in [0.25, 0.3) is 0 Å². The number of halogens is 2. The maximum Gasteiger partial charge on any atom is 0.290 e. The number of benzene rings is 1. The van der Waals surface area contributed by atoms with Gasteiger partial charge >= 0.3 is 0 Å². The van der Waals surface area contributed by atoms with Crippen LogP contribution in [-0.2, 0) is 10.0 Å². The molecule has 2 aromatic rings. The molecule has 1 aromatic carbocycles. The standard InChI is InChI=1S/C13H12F2N4O4S/c14-8-4-3-7(6-9(8)15)24(21,22)19-5-1-2-10(19)13-17-12(11(16)20)18-23-13/h3-4,6,10H,1-2,5H2,(H2,16,20). The first kappa shape index (κ1) is 16.5. The molecule has 1 fully saturated rings. The fourth-order valence-electron chi connectivity index (χ4n) is 2.52. The van der Waals surface area contributed by atoms with E-state index in [-0.39, 0.29) is 23.2 Å². The molecule has 128 valence electrons. The fraction of sp³-hybridized carbons (Fsp3) is 0.308. The number of hydrogen-bond donors (Lipinski definition) is 1. The summed E-state index contributed by atoms with van der Waals surface area (Å²) >= 11 is 0. The molecule has 2 N–H and O–H groups in total. The lowest BCUT2D eigenvalue weighted by atomic mass is 10.2. The SMILES string of the molecule is NC(=O)c1noc(C2CCCN2S(=O)(=O)c2ccc(F)c(F)c2)n1. The van der Waals surface area contributed by atoms with Gasteiger partial charge in [0.15, 0.2) is 11.6 Å². The molecule has 0 aliphatic carbocycles. The third-order valence-corrected chi connectivity index (χ3v) is 5.55. The van der Waals surface area contributed by atoms with E-state index in [1.807, 2.05) is 0 Å². The molecule has 8 nitrogen and oxygen atoms in total. The van der Waals surface area contributed by atoms with Crippen molar-refractivity contribution in [1.82, 2.24) is 14.4 Å². The lowest BCUT2D eigenvalue weighted by Gasteiger charge is -2.21. The van der Waals surface area contributed by atoms with Crippen molar-refractivity contribution in [2.24, 2.45) is 5.73 Å². The second-order valence-electron chi connectivity index (χ2n) is 5.17. The van der Waals surface area contributed by atoms with Crippen LogP contribution in [-0.4, -0.2) is 35.3 Å². The van der Waals surface area contributed by atoms with Gasteiger partial charge in [0, 0.05) is 6.54 Å². The van der Waals surface area contributed by atoms with Gasteiger partial charge in [-0.05, 0) is 31.0 Å². The van der Waals surface area contributed by atoms with Gasteiger partial charge in [-0.1, -0.05) is 5.16 Å². The minimum atomic E-state index is -4.10. The number of sulfonamides is 1. The minimum Gasteiger partial charge on any atom is -0.363 e. The average molecular weight is 358 g/mol. The van der Waals surface area contributed by atoms with Gasteiger partial charge in [0.1, 0.15) is 6.04 Å². The van der Waals surface area contributed by atoms with E-state index < -0.39 is 33.6 Å². The Morgan fingerprint density at radius 3 is 2.71 bits per heavy atom. The molecule has 1 atom stereocenters. The Hall–Kier alpha value is -2.40. The van der Waals surface area contributed by atoms with E-state index in [4.69, 9.17) is 10.3 Å². The quantitative estimate of drug-likeness (QED) is 0.870. The Morgan fingerprint density at radius 1 is 1.33 bits per heavy atom. The number of carbonyl (C=O) groups is 1. The van der Waals surface area contributed by atoms with Gasteiger partial charge in [0.05, 0.1) is 4.90 Å². The van der Waals surface area contributed by atoms with Crippen molar-refractivity contribution in [3.63, 3.8) is 0 Å². The first-order chi connectivity index (χ1) is 11.3. The van der Waals surface area contributed by atoms with Gasteiger partial charge in [0.25, 0.3) is 11.7 Å². The van der Waals surface area contributed by atoms with Gasteiger partial charge in [-0.2, -0.15) is 9.29 Å². The zero-order valence-electron chi connectivity index (χ0n) is 12.1. The van der Waals surface area contributed by atoms with E-state index in [1.54, 1.807) is 0 Å². The molecule has 1 aliphatic rings. The number of primary amides is 1. The number of nitrogens with two attached hydrogens (primary N) is 1. The topological polar surface area (TPSA) is 119 Å². The molecule has 2 heterocycles. The fourth-order valence-corrected chi connectivity index (χ4v) is 4.18. The molecule has 0 bridgehead atoms. The Kier molecular flexibility index (Phi) is 4.05. The third-order valence-electron chi connectivity index (χ3n) is 3.65. The molecule has 1 unspecified atom stereocenters.